The van der Waals surface area contributed by atoms with Gasteiger partial charge in [-0.25, -0.2) is 0 Å². The number of hydrogen-bond acceptors (Lipinski definition) is 5. The summed E-state index contributed by atoms with van der Waals surface area (Å²) in [6, 6.07) is 21.8. The number of carbonyl (C=O) groups excluding carboxylic acids is 1. The Balaban J connectivity index is 1.39. The molecule has 1 N–H and O–H groups in total. The number of nitrogens with zero attached hydrogens (tertiary/aromatic N) is 3. The van der Waals surface area contributed by atoms with Gasteiger partial charge >= 0.3 is 0 Å². The van der Waals surface area contributed by atoms with Crippen molar-refractivity contribution >= 4 is 40.6 Å². The SMILES string of the molecule is O=C(CCSc1nnc(-c2cccs2)n1Cc1ccccc1)NCc1ccccc1Cl. The molecule has 0 spiro atoms. The van der Waals surface area contributed by atoms with E-state index >= 15 is 0 Å². The maximum Gasteiger partial charge on any atom is 0.221 e. The number of nitrogens with one attached hydrogen (secondary N) is 1. The molecule has 1 amide bonds. The van der Waals surface area contributed by atoms with Crippen molar-refractivity contribution in [3.05, 3.63) is 88.3 Å². The lowest BCUT2D eigenvalue weighted by molar-refractivity contribution is -0.120. The molecule has 4 rings (SSSR count). The Bertz CT molecular complexity index is 1130. The third kappa shape index (κ3) is 5.76. The van der Waals surface area contributed by atoms with Crippen LogP contribution >= 0.6 is 34.7 Å². The summed E-state index contributed by atoms with van der Waals surface area (Å²) < 4.78 is 2.12. The molecular formula is C23H21ClN4OS2. The number of amides is 1. The Morgan fingerprint density at radius 3 is 2.61 bits per heavy atom. The van der Waals surface area contributed by atoms with E-state index in [1.54, 1.807) is 23.1 Å². The Labute approximate surface area is 194 Å². The summed E-state index contributed by atoms with van der Waals surface area (Å²) in [5, 5.41) is 15.3. The highest BCUT2D eigenvalue weighted by Crippen LogP contribution is 2.28. The fraction of sp³-hybridized carbons (Fsp3) is 0.174. The molecule has 2 aromatic carbocycles. The molecule has 5 nitrogen and oxygen atoms in total. The monoisotopic (exact) mass is 468 g/mol. The summed E-state index contributed by atoms with van der Waals surface area (Å²) in [6.45, 7) is 1.11. The van der Waals surface area contributed by atoms with Crippen LogP contribution in [0.1, 0.15) is 17.5 Å². The van der Waals surface area contributed by atoms with Gasteiger partial charge in [0.05, 0.1) is 11.4 Å². The average Bonchev–Trinajstić information content (AvgIpc) is 3.44. The topological polar surface area (TPSA) is 59.8 Å². The van der Waals surface area contributed by atoms with Gasteiger partial charge in [0, 0.05) is 23.7 Å². The maximum absolute atomic E-state index is 12.3. The van der Waals surface area contributed by atoms with Gasteiger partial charge in [-0.3, -0.25) is 9.36 Å². The van der Waals surface area contributed by atoms with E-state index in [1.165, 1.54) is 5.56 Å². The number of aromatic nitrogens is 3. The number of benzene rings is 2. The van der Waals surface area contributed by atoms with Crippen LogP contribution in [0.15, 0.2) is 77.3 Å². The second kappa shape index (κ2) is 10.6. The predicted molar refractivity (Wildman–Crippen MR) is 128 cm³/mol. The summed E-state index contributed by atoms with van der Waals surface area (Å²) >= 11 is 9.33. The van der Waals surface area contributed by atoms with Gasteiger partial charge in [-0.15, -0.1) is 21.5 Å². The molecule has 2 aromatic heterocycles. The summed E-state index contributed by atoms with van der Waals surface area (Å²) in [5.74, 6) is 1.45. The van der Waals surface area contributed by atoms with E-state index in [2.05, 4.69) is 32.2 Å². The van der Waals surface area contributed by atoms with Crippen LogP contribution in [0.25, 0.3) is 10.7 Å². The van der Waals surface area contributed by atoms with E-state index in [0.717, 1.165) is 21.4 Å². The van der Waals surface area contributed by atoms with Crippen molar-refractivity contribution in [1.82, 2.24) is 20.1 Å². The van der Waals surface area contributed by atoms with Crippen LogP contribution in [0.3, 0.4) is 0 Å². The van der Waals surface area contributed by atoms with Crippen molar-refractivity contribution in [2.75, 3.05) is 5.75 Å². The molecule has 0 atom stereocenters. The van der Waals surface area contributed by atoms with Gasteiger partial charge in [-0.2, -0.15) is 0 Å². The second-order valence-electron chi connectivity index (χ2n) is 6.82. The first kappa shape index (κ1) is 21.6. The van der Waals surface area contributed by atoms with Crippen molar-refractivity contribution in [1.29, 1.82) is 0 Å². The standard InChI is InChI=1S/C23H21ClN4OS2/c24-19-10-5-4-9-18(19)15-25-21(29)12-14-31-23-27-26-22(20-11-6-13-30-20)28(23)16-17-7-2-1-3-8-17/h1-11,13H,12,14-16H2,(H,25,29). The van der Waals surface area contributed by atoms with Crippen LogP contribution in [-0.4, -0.2) is 26.4 Å². The first-order chi connectivity index (χ1) is 15.2. The Kier molecular flexibility index (Phi) is 7.40. The van der Waals surface area contributed by atoms with Crippen LogP contribution < -0.4 is 5.32 Å². The average molecular weight is 469 g/mol. The molecule has 8 heteroatoms. The quantitative estimate of drug-likeness (QED) is 0.329. The number of thiophene rings is 1. The van der Waals surface area contributed by atoms with Gasteiger partial charge in [0.25, 0.3) is 0 Å². The van der Waals surface area contributed by atoms with Crippen molar-refractivity contribution < 1.29 is 4.79 Å². The van der Waals surface area contributed by atoms with E-state index < -0.39 is 0 Å². The van der Waals surface area contributed by atoms with E-state index in [-0.39, 0.29) is 5.91 Å². The zero-order valence-corrected chi connectivity index (χ0v) is 19.1. The molecule has 2 heterocycles. The lowest BCUT2D eigenvalue weighted by Crippen LogP contribution is -2.23. The molecule has 0 radical (unpaired) electrons. The van der Waals surface area contributed by atoms with Crippen molar-refractivity contribution in [2.45, 2.75) is 24.7 Å². The van der Waals surface area contributed by atoms with E-state index in [9.17, 15) is 4.79 Å². The molecule has 0 saturated heterocycles. The summed E-state index contributed by atoms with van der Waals surface area (Å²) in [7, 11) is 0. The third-order valence-electron chi connectivity index (χ3n) is 4.64. The summed E-state index contributed by atoms with van der Waals surface area (Å²) in [5.41, 5.74) is 2.09. The molecule has 0 unspecified atom stereocenters. The Morgan fingerprint density at radius 2 is 1.84 bits per heavy atom. The smallest absolute Gasteiger partial charge is 0.221 e. The Hall–Kier alpha value is -2.61. The highest BCUT2D eigenvalue weighted by atomic mass is 35.5. The largest absolute Gasteiger partial charge is 0.352 e. The van der Waals surface area contributed by atoms with E-state index in [0.29, 0.717) is 30.3 Å². The minimum absolute atomic E-state index is 0.0139. The van der Waals surface area contributed by atoms with Gasteiger partial charge in [0.1, 0.15) is 0 Å². The highest BCUT2D eigenvalue weighted by Gasteiger charge is 2.16. The minimum atomic E-state index is -0.0139. The molecule has 158 valence electrons. The predicted octanol–water partition coefficient (Wildman–Crippen LogP) is 5.51. The first-order valence-corrected chi connectivity index (χ1v) is 12.1. The van der Waals surface area contributed by atoms with Crippen LogP contribution in [0.5, 0.6) is 0 Å². The number of halogens is 1. The van der Waals surface area contributed by atoms with Gasteiger partial charge in [-0.05, 0) is 28.6 Å². The summed E-state index contributed by atoms with van der Waals surface area (Å²) in [6.07, 6.45) is 0.391. The third-order valence-corrected chi connectivity index (χ3v) is 6.84. The van der Waals surface area contributed by atoms with Gasteiger partial charge < -0.3 is 5.32 Å². The number of hydrogen-bond donors (Lipinski definition) is 1. The van der Waals surface area contributed by atoms with Crippen molar-refractivity contribution in [2.24, 2.45) is 0 Å². The molecule has 31 heavy (non-hydrogen) atoms. The Morgan fingerprint density at radius 1 is 1.03 bits per heavy atom. The molecular weight excluding hydrogens is 448 g/mol. The van der Waals surface area contributed by atoms with Crippen LogP contribution in [0, 0.1) is 0 Å². The number of thioether (sulfide) groups is 1. The van der Waals surface area contributed by atoms with Gasteiger partial charge in [-0.1, -0.05) is 78.0 Å². The molecule has 0 aliphatic carbocycles. The highest BCUT2D eigenvalue weighted by molar-refractivity contribution is 7.99. The fourth-order valence-corrected chi connectivity index (χ4v) is 4.85. The van der Waals surface area contributed by atoms with Gasteiger partial charge in [0.15, 0.2) is 11.0 Å². The van der Waals surface area contributed by atoms with E-state index in [1.807, 2.05) is 60.0 Å². The fourth-order valence-electron chi connectivity index (χ4n) is 3.05. The normalized spacial score (nSPS) is 10.9. The molecule has 4 aromatic rings. The minimum Gasteiger partial charge on any atom is -0.352 e. The molecule has 0 bridgehead atoms. The lowest BCUT2D eigenvalue weighted by atomic mass is 10.2. The van der Waals surface area contributed by atoms with Crippen molar-refractivity contribution in [3.63, 3.8) is 0 Å². The molecule has 0 aliphatic heterocycles. The lowest BCUT2D eigenvalue weighted by Gasteiger charge is -2.10. The number of carbonyl (C=O) groups is 1. The molecule has 0 fully saturated rings. The van der Waals surface area contributed by atoms with Crippen molar-refractivity contribution in [3.8, 4) is 10.7 Å². The molecule has 0 saturated carbocycles. The van der Waals surface area contributed by atoms with Crippen LogP contribution in [0.2, 0.25) is 5.02 Å². The van der Waals surface area contributed by atoms with E-state index in [4.69, 9.17) is 11.6 Å². The zero-order chi connectivity index (χ0) is 21.5. The van der Waals surface area contributed by atoms with Gasteiger partial charge in [0.2, 0.25) is 5.91 Å². The maximum atomic E-state index is 12.3. The van der Waals surface area contributed by atoms with Crippen LogP contribution in [-0.2, 0) is 17.9 Å². The number of rotatable bonds is 9. The zero-order valence-electron chi connectivity index (χ0n) is 16.7. The summed E-state index contributed by atoms with van der Waals surface area (Å²) in [4.78, 5) is 13.4. The second-order valence-corrected chi connectivity index (χ2v) is 9.24. The van der Waals surface area contributed by atoms with Crippen LogP contribution in [0.4, 0.5) is 0 Å². The molecule has 0 aliphatic rings. The first-order valence-electron chi connectivity index (χ1n) is 9.84.